The normalized spacial score (nSPS) is 20.5. The van der Waals surface area contributed by atoms with E-state index in [0.717, 1.165) is 32.1 Å². The van der Waals surface area contributed by atoms with Gasteiger partial charge in [0, 0.05) is 23.5 Å². The van der Waals surface area contributed by atoms with Gasteiger partial charge in [-0.1, -0.05) is 11.6 Å². The van der Waals surface area contributed by atoms with Crippen molar-refractivity contribution in [3.63, 3.8) is 0 Å². The molecule has 3 aliphatic rings. The van der Waals surface area contributed by atoms with Crippen LogP contribution >= 0.6 is 11.6 Å². The number of Topliss-reactive ketones (excluding diaryl/α,β-unsaturated/α-hetero) is 1. The second-order valence-electron chi connectivity index (χ2n) is 8.92. The van der Waals surface area contributed by atoms with E-state index in [1.165, 1.54) is 18.2 Å². The number of nitrogens with one attached hydrogen (secondary N) is 4. The first-order valence-corrected chi connectivity index (χ1v) is 11.9. The minimum absolute atomic E-state index is 0.00864. The Balaban J connectivity index is 1.49. The van der Waals surface area contributed by atoms with E-state index in [9.17, 15) is 24.0 Å². The smallest absolute Gasteiger partial charge is 0.411 e. The molecule has 2 atom stereocenters. The lowest BCUT2D eigenvalue weighted by molar-refractivity contribution is -0.139. The molecule has 1 aliphatic heterocycles. The van der Waals surface area contributed by atoms with Crippen molar-refractivity contribution in [3.8, 4) is 0 Å². The van der Waals surface area contributed by atoms with Gasteiger partial charge in [-0.2, -0.15) is 0 Å². The Morgan fingerprint density at radius 3 is 2.50 bits per heavy atom. The fourth-order valence-corrected chi connectivity index (χ4v) is 4.03. The Hall–Kier alpha value is -3.14. The minimum Gasteiger partial charge on any atom is -0.446 e. The van der Waals surface area contributed by atoms with Crippen molar-refractivity contribution in [2.45, 2.75) is 63.1 Å². The SMILES string of the molecule is O=C(Nc1ccc(Cl)cc1C(=O)N[C@@H](C[C@@H]1CCNC1=O)C(=O)C(=O)NC1CC1)OC1CCC1. The molecule has 0 aromatic heterocycles. The number of benzene rings is 1. The molecule has 182 valence electrons. The van der Waals surface area contributed by atoms with E-state index in [-0.39, 0.29) is 40.7 Å². The summed E-state index contributed by atoms with van der Waals surface area (Å²) in [5.41, 5.74) is 0.160. The number of ether oxygens (including phenoxy) is 1. The summed E-state index contributed by atoms with van der Waals surface area (Å²) in [7, 11) is 0. The van der Waals surface area contributed by atoms with Gasteiger partial charge in [-0.05, 0) is 63.1 Å². The fourth-order valence-electron chi connectivity index (χ4n) is 3.86. The van der Waals surface area contributed by atoms with Crippen LogP contribution in [0.2, 0.25) is 5.02 Å². The van der Waals surface area contributed by atoms with Gasteiger partial charge >= 0.3 is 6.09 Å². The molecule has 4 rings (SSSR count). The second-order valence-corrected chi connectivity index (χ2v) is 9.36. The van der Waals surface area contributed by atoms with Crippen molar-refractivity contribution in [1.29, 1.82) is 0 Å². The fraction of sp³-hybridized carbons (Fsp3) is 0.522. The minimum atomic E-state index is -1.21. The molecule has 3 fully saturated rings. The summed E-state index contributed by atoms with van der Waals surface area (Å²) >= 11 is 6.08. The molecule has 4 N–H and O–H groups in total. The van der Waals surface area contributed by atoms with E-state index in [1.54, 1.807) is 0 Å². The second kappa shape index (κ2) is 10.4. The number of amides is 4. The Morgan fingerprint density at radius 2 is 1.88 bits per heavy atom. The zero-order chi connectivity index (χ0) is 24.2. The molecule has 0 bridgehead atoms. The lowest BCUT2D eigenvalue weighted by Crippen LogP contribution is -2.49. The molecule has 1 aromatic carbocycles. The zero-order valence-electron chi connectivity index (χ0n) is 18.5. The summed E-state index contributed by atoms with van der Waals surface area (Å²) in [4.78, 5) is 62.7. The van der Waals surface area contributed by atoms with E-state index >= 15 is 0 Å². The van der Waals surface area contributed by atoms with Gasteiger partial charge in [0.15, 0.2) is 0 Å². The van der Waals surface area contributed by atoms with E-state index in [0.29, 0.717) is 13.0 Å². The number of anilines is 1. The van der Waals surface area contributed by atoms with Crippen LogP contribution in [0.25, 0.3) is 0 Å². The molecule has 4 amide bonds. The maximum absolute atomic E-state index is 13.2. The van der Waals surface area contributed by atoms with Crippen molar-refractivity contribution >= 4 is 46.9 Å². The highest BCUT2D eigenvalue weighted by Gasteiger charge is 2.36. The van der Waals surface area contributed by atoms with Gasteiger partial charge in [-0.15, -0.1) is 0 Å². The quantitative estimate of drug-likeness (QED) is 0.389. The summed E-state index contributed by atoms with van der Waals surface area (Å²) < 4.78 is 5.28. The molecule has 34 heavy (non-hydrogen) atoms. The molecular weight excluding hydrogens is 464 g/mol. The van der Waals surface area contributed by atoms with Gasteiger partial charge in [0.25, 0.3) is 11.8 Å². The maximum Gasteiger partial charge on any atom is 0.411 e. The van der Waals surface area contributed by atoms with Gasteiger partial charge in [-0.25, -0.2) is 4.79 Å². The maximum atomic E-state index is 13.2. The highest BCUT2D eigenvalue weighted by Crippen LogP contribution is 2.25. The largest absolute Gasteiger partial charge is 0.446 e. The van der Waals surface area contributed by atoms with Gasteiger partial charge in [0.1, 0.15) is 6.10 Å². The zero-order valence-corrected chi connectivity index (χ0v) is 19.3. The van der Waals surface area contributed by atoms with Crippen molar-refractivity contribution in [2.24, 2.45) is 5.92 Å². The molecular formula is C23H27ClN4O6. The van der Waals surface area contributed by atoms with Crippen LogP contribution in [0.4, 0.5) is 10.5 Å². The average molecular weight is 491 g/mol. The van der Waals surface area contributed by atoms with Crippen molar-refractivity contribution in [3.05, 3.63) is 28.8 Å². The molecule has 0 radical (unpaired) electrons. The van der Waals surface area contributed by atoms with Crippen molar-refractivity contribution in [1.82, 2.24) is 16.0 Å². The van der Waals surface area contributed by atoms with E-state index < -0.39 is 35.7 Å². The summed E-state index contributed by atoms with van der Waals surface area (Å²) in [6.45, 7) is 0.470. The van der Waals surface area contributed by atoms with Crippen LogP contribution in [0, 0.1) is 5.92 Å². The van der Waals surface area contributed by atoms with Crippen molar-refractivity contribution < 1.29 is 28.7 Å². The molecule has 2 saturated carbocycles. The third-order valence-corrected chi connectivity index (χ3v) is 6.47. The predicted molar refractivity (Wildman–Crippen MR) is 122 cm³/mol. The molecule has 1 saturated heterocycles. The van der Waals surface area contributed by atoms with Gasteiger partial charge in [-0.3, -0.25) is 24.5 Å². The summed E-state index contributed by atoms with van der Waals surface area (Å²) in [5, 5.41) is 10.7. The van der Waals surface area contributed by atoms with E-state index in [4.69, 9.17) is 16.3 Å². The van der Waals surface area contributed by atoms with Crippen LogP contribution in [-0.2, 0) is 19.1 Å². The number of ketones is 1. The topological polar surface area (TPSA) is 143 Å². The number of halogens is 1. The Labute approximate surface area is 201 Å². The molecule has 1 heterocycles. The molecule has 11 heteroatoms. The van der Waals surface area contributed by atoms with Crippen LogP contribution in [0.5, 0.6) is 0 Å². The van der Waals surface area contributed by atoms with Crippen LogP contribution in [0.1, 0.15) is 55.3 Å². The summed E-state index contributed by atoms with van der Waals surface area (Å²) in [5.74, 6) is -3.05. The molecule has 10 nitrogen and oxygen atoms in total. The Bertz CT molecular complexity index is 1010. The number of carbonyl (C=O) groups is 5. The number of rotatable bonds is 9. The monoisotopic (exact) mass is 490 g/mol. The molecule has 1 aromatic rings. The molecule has 2 aliphatic carbocycles. The van der Waals surface area contributed by atoms with Crippen molar-refractivity contribution in [2.75, 3.05) is 11.9 Å². The third kappa shape index (κ3) is 6.05. The third-order valence-electron chi connectivity index (χ3n) is 6.23. The van der Waals surface area contributed by atoms with E-state index in [1.807, 2.05) is 0 Å². The highest BCUT2D eigenvalue weighted by atomic mass is 35.5. The standard InChI is InChI=1S/C23H27ClN4O6/c24-13-4-7-17(28-23(33)34-15-2-1-3-15)16(11-13)21(31)27-18(10-12-8-9-25-20(12)30)19(29)22(32)26-14-5-6-14/h4,7,11-12,14-15,18H,1-3,5-6,8-10H2,(H,25,30)(H,26,32)(H,27,31)(H,28,33)/t12-,18-/m0/s1. The first-order chi connectivity index (χ1) is 16.3. The Morgan fingerprint density at radius 1 is 1.12 bits per heavy atom. The average Bonchev–Trinajstić information content (AvgIpc) is 3.50. The number of carbonyl (C=O) groups excluding carboxylic acids is 5. The predicted octanol–water partition coefficient (Wildman–Crippen LogP) is 1.91. The first-order valence-electron chi connectivity index (χ1n) is 11.5. The van der Waals surface area contributed by atoms with Gasteiger partial charge in [0.05, 0.1) is 17.3 Å². The number of hydrogen-bond donors (Lipinski definition) is 4. The van der Waals surface area contributed by atoms with Crippen LogP contribution in [0.3, 0.4) is 0 Å². The number of hydrogen-bond acceptors (Lipinski definition) is 6. The van der Waals surface area contributed by atoms with Gasteiger partial charge < -0.3 is 20.7 Å². The lowest BCUT2D eigenvalue weighted by atomic mass is 9.95. The van der Waals surface area contributed by atoms with E-state index in [2.05, 4.69) is 21.3 Å². The van der Waals surface area contributed by atoms with Gasteiger partial charge in [0.2, 0.25) is 11.7 Å². The Kier molecular flexibility index (Phi) is 7.35. The first kappa shape index (κ1) is 24.0. The van der Waals surface area contributed by atoms with Crippen LogP contribution in [0.15, 0.2) is 18.2 Å². The van der Waals surface area contributed by atoms with Crippen LogP contribution in [-0.4, -0.2) is 54.3 Å². The summed E-state index contributed by atoms with van der Waals surface area (Å²) in [6, 6.07) is 3.07. The van der Waals surface area contributed by atoms with Crippen LogP contribution < -0.4 is 21.3 Å². The molecule has 0 unspecified atom stereocenters. The lowest BCUT2D eigenvalue weighted by Gasteiger charge is -2.25. The molecule has 0 spiro atoms. The highest BCUT2D eigenvalue weighted by molar-refractivity contribution is 6.38. The summed E-state index contributed by atoms with van der Waals surface area (Å²) in [6.07, 6.45) is 3.84.